The first-order valence-corrected chi connectivity index (χ1v) is 12.3. The largest absolute Gasteiger partial charge is 0.396 e. The van der Waals surface area contributed by atoms with Crippen molar-refractivity contribution in [1.82, 2.24) is 4.98 Å². The molecular formula is C27H39NO2. The molecule has 3 fully saturated rings. The van der Waals surface area contributed by atoms with Crippen LogP contribution < -0.4 is 0 Å². The number of hydrogen-bond acceptors (Lipinski definition) is 3. The molecular weight excluding hydrogens is 370 g/mol. The molecule has 4 aliphatic rings. The van der Waals surface area contributed by atoms with E-state index < -0.39 is 5.60 Å². The molecule has 30 heavy (non-hydrogen) atoms. The number of nitrogens with zero attached hydrogens (tertiary/aromatic N) is 1. The predicted octanol–water partition coefficient (Wildman–Crippen LogP) is 5.62. The number of aromatic nitrogens is 1. The molecule has 2 unspecified atom stereocenters. The average molecular weight is 410 g/mol. The highest BCUT2D eigenvalue weighted by Gasteiger charge is 2.59. The second-order valence-electron chi connectivity index (χ2n) is 11.5. The van der Waals surface area contributed by atoms with Gasteiger partial charge in [-0.3, -0.25) is 4.98 Å². The lowest BCUT2D eigenvalue weighted by Gasteiger charge is -2.62. The van der Waals surface area contributed by atoms with Crippen molar-refractivity contribution in [2.24, 2.45) is 34.5 Å². The number of allylic oxidation sites excluding steroid dienone is 2. The van der Waals surface area contributed by atoms with Crippen molar-refractivity contribution < 1.29 is 10.2 Å². The standard InChI is InChI=1S/C27H39NO2/c1-25-13-14-27(30,11-4-16-29)17-20(25)6-7-21-23-9-8-22(19-5-3-15-28-18-19)26(23,2)12-10-24(21)25/h3,5,8,15,18,20-21,23-24,29-30H,4,6-7,9-14,16-17H2,1-2H3/t20?,21-,23-,24-,25-,26+,27?/m0/s1. The molecule has 164 valence electrons. The van der Waals surface area contributed by atoms with Crippen LogP contribution in [-0.4, -0.2) is 27.4 Å². The lowest BCUT2D eigenvalue weighted by Crippen LogP contribution is -2.55. The Labute approximate surface area is 182 Å². The first kappa shape index (κ1) is 20.7. The predicted molar refractivity (Wildman–Crippen MR) is 121 cm³/mol. The SMILES string of the molecule is C[C@]12CCC(O)(CCCO)CC1CC[C@@H]1[C@@H]2CC[C@]2(C)C(c3cccnc3)=CC[C@@H]12. The Kier molecular flexibility index (Phi) is 5.14. The van der Waals surface area contributed by atoms with Crippen molar-refractivity contribution in [3.63, 3.8) is 0 Å². The third-order valence-electron chi connectivity index (χ3n) is 10.2. The smallest absolute Gasteiger partial charge is 0.0651 e. The van der Waals surface area contributed by atoms with E-state index in [4.69, 9.17) is 0 Å². The van der Waals surface area contributed by atoms with Crippen LogP contribution in [0.15, 0.2) is 30.6 Å². The Balaban J connectivity index is 1.36. The molecule has 0 saturated heterocycles. The summed E-state index contributed by atoms with van der Waals surface area (Å²) in [6, 6.07) is 4.32. The van der Waals surface area contributed by atoms with E-state index >= 15 is 0 Å². The van der Waals surface area contributed by atoms with Crippen molar-refractivity contribution in [3.05, 3.63) is 36.2 Å². The Hall–Kier alpha value is -1.19. The van der Waals surface area contributed by atoms with E-state index in [0.29, 0.717) is 16.7 Å². The van der Waals surface area contributed by atoms with Crippen LogP contribution in [0.2, 0.25) is 0 Å². The molecule has 0 amide bonds. The molecule has 3 heteroatoms. The average Bonchev–Trinajstić information content (AvgIpc) is 3.11. The van der Waals surface area contributed by atoms with Gasteiger partial charge in [-0.2, -0.15) is 0 Å². The molecule has 0 bridgehead atoms. The molecule has 0 radical (unpaired) electrons. The fourth-order valence-electron chi connectivity index (χ4n) is 8.49. The van der Waals surface area contributed by atoms with Gasteiger partial charge in [0.15, 0.2) is 0 Å². The van der Waals surface area contributed by atoms with Gasteiger partial charge < -0.3 is 10.2 Å². The lowest BCUT2D eigenvalue weighted by atomic mass is 9.43. The zero-order chi connectivity index (χ0) is 21.0. The molecule has 3 saturated carbocycles. The van der Waals surface area contributed by atoms with Crippen LogP contribution in [0.5, 0.6) is 0 Å². The normalized spacial score (nSPS) is 45.3. The first-order valence-electron chi connectivity index (χ1n) is 12.3. The molecule has 1 aromatic rings. The zero-order valence-electron chi connectivity index (χ0n) is 18.8. The van der Waals surface area contributed by atoms with Crippen molar-refractivity contribution in [2.45, 2.75) is 83.7 Å². The minimum Gasteiger partial charge on any atom is -0.396 e. The molecule has 3 nitrogen and oxygen atoms in total. The Morgan fingerprint density at radius 3 is 2.73 bits per heavy atom. The lowest BCUT2D eigenvalue weighted by molar-refractivity contribution is -0.145. The molecule has 5 rings (SSSR count). The van der Waals surface area contributed by atoms with Crippen molar-refractivity contribution in [2.75, 3.05) is 6.61 Å². The third kappa shape index (κ3) is 3.11. The third-order valence-corrected chi connectivity index (χ3v) is 10.2. The molecule has 1 aromatic heterocycles. The number of aliphatic hydroxyl groups is 2. The number of hydrogen-bond donors (Lipinski definition) is 2. The van der Waals surface area contributed by atoms with Crippen molar-refractivity contribution >= 4 is 5.57 Å². The van der Waals surface area contributed by atoms with Crippen LogP contribution in [-0.2, 0) is 0 Å². The van der Waals surface area contributed by atoms with Gasteiger partial charge in [0.2, 0.25) is 0 Å². The minimum absolute atomic E-state index is 0.196. The molecule has 0 spiro atoms. The molecule has 7 atom stereocenters. The molecule has 4 aliphatic carbocycles. The van der Waals surface area contributed by atoms with Gasteiger partial charge in [0.1, 0.15) is 0 Å². The van der Waals surface area contributed by atoms with Gasteiger partial charge in [0.05, 0.1) is 5.60 Å². The highest BCUT2D eigenvalue weighted by Crippen LogP contribution is 2.68. The topological polar surface area (TPSA) is 53.4 Å². The molecule has 2 N–H and O–H groups in total. The Morgan fingerprint density at radius 1 is 1.10 bits per heavy atom. The van der Waals surface area contributed by atoms with Crippen LogP contribution in [0.3, 0.4) is 0 Å². The number of pyridine rings is 1. The first-order chi connectivity index (χ1) is 14.4. The van der Waals surface area contributed by atoms with Crippen LogP contribution in [0.25, 0.3) is 5.57 Å². The summed E-state index contributed by atoms with van der Waals surface area (Å²) in [6.07, 6.45) is 17.4. The maximum atomic E-state index is 11.2. The summed E-state index contributed by atoms with van der Waals surface area (Å²) < 4.78 is 0. The van der Waals surface area contributed by atoms with E-state index in [1.165, 1.54) is 37.7 Å². The van der Waals surface area contributed by atoms with Gasteiger partial charge in [-0.05, 0) is 116 Å². The highest BCUT2D eigenvalue weighted by atomic mass is 16.3. The van der Waals surface area contributed by atoms with Gasteiger partial charge >= 0.3 is 0 Å². The van der Waals surface area contributed by atoms with Gasteiger partial charge in [-0.15, -0.1) is 0 Å². The van der Waals surface area contributed by atoms with Crippen LogP contribution in [0.1, 0.15) is 83.6 Å². The van der Waals surface area contributed by atoms with Crippen molar-refractivity contribution in [3.8, 4) is 0 Å². The van der Waals surface area contributed by atoms with Crippen LogP contribution in [0, 0.1) is 34.5 Å². The van der Waals surface area contributed by atoms with E-state index in [0.717, 1.165) is 49.9 Å². The molecule has 0 aliphatic heterocycles. The summed E-state index contributed by atoms with van der Waals surface area (Å²) >= 11 is 0. The van der Waals surface area contributed by atoms with Gasteiger partial charge in [-0.1, -0.05) is 26.0 Å². The van der Waals surface area contributed by atoms with Crippen molar-refractivity contribution in [1.29, 1.82) is 0 Å². The van der Waals surface area contributed by atoms with Gasteiger partial charge in [-0.25, -0.2) is 0 Å². The minimum atomic E-state index is -0.536. The Morgan fingerprint density at radius 2 is 1.97 bits per heavy atom. The van der Waals surface area contributed by atoms with Crippen LogP contribution in [0.4, 0.5) is 0 Å². The fourth-order valence-corrected chi connectivity index (χ4v) is 8.49. The monoisotopic (exact) mass is 409 g/mol. The number of fused-ring (bicyclic) bond motifs is 5. The molecule has 0 aromatic carbocycles. The number of aliphatic hydroxyl groups excluding tert-OH is 1. The summed E-state index contributed by atoms with van der Waals surface area (Å²) in [5, 5.41) is 20.4. The Bertz CT molecular complexity index is 806. The summed E-state index contributed by atoms with van der Waals surface area (Å²) in [6.45, 7) is 5.29. The maximum Gasteiger partial charge on any atom is 0.0651 e. The highest BCUT2D eigenvalue weighted by molar-refractivity contribution is 5.72. The van der Waals surface area contributed by atoms with E-state index in [1.807, 2.05) is 6.20 Å². The zero-order valence-corrected chi connectivity index (χ0v) is 18.8. The van der Waals surface area contributed by atoms with Crippen LogP contribution >= 0.6 is 0 Å². The second kappa shape index (κ2) is 7.45. The summed E-state index contributed by atoms with van der Waals surface area (Å²) in [4.78, 5) is 4.40. The van der Waals surface area contributed by atoms with E-state index in [1.54, 1.807) is 5.57 Å². The quantitative estimate of drug-likeness (QED) is 0.678. The van der Waals surface area contributed by atoms with Gasteiger partial charge in [0, 0.05) is 19.0 Å². The fraction of sp³-hybridized carbons (Fsp3) is 0.741. The summed E-state index contributed by atoms with van der Waals surface area (Å²) in [7, 11) is 0. The number of rotatable bonds is 4. The van der Waals surface area contributed by atoms with Gasteiger partial charge in [0.25, 0.3) is 0 Å². The molecule has 1 heterocycles. The van der Waals surface area contributed by atoms with E-state index in [9.17, 15) is 10.2 Å². The van der Waals surface area contributed by atoms with E-state index in [2.05, 4.69) is 43.2 Å². The summed E-state index contributed by atoms with van der Waals surface area (Å²) in [5.41, 5.74) is 3.02. The summed E-state index contributed by atoms with van der Waals surface area (Å²) in [5.74, 6) is 3.03. The second-order valence-corrected chi connectivity index (χ2v) is 11.5. The maximum absolute atomic E-state index is 11.2. The van der Waals surface area contributed by atoms with E-state index in [-0.39, 0.29) is 6.61 Å².